The number of carboxylic acid groups (broad SMARTS) is 1. The third-order valence-electron chi connectivity index (χ3n) is 2.92. The van der Waals surface area contributed by atoms with Gasteiger partial charge in [-0.25, -0.2) is 4.79 Å². The van der Waals surface area contributed by atoms with Crippen LogP contribution in [0.4, 0.5) is 0 Å². The minimum atomic E-state index is -0.979. The van der Waals surface area contributed by atoms with E-state index in [1.165, 1.54) is 6.08 Å². The number of ether oxygens (including phenoxy) is 2. The summed E-state index contributed by atoms with van der Waals surface area (Å²) in [5.74, 6) is 1.16. The Hall–Kier alpha value is -2.75. The Labute approximate surface area is 123 Å². The van der Waals surface area contributed by atoms with Crippen LogP contribution in [0.3, 0.4) is 0 Å². The van der Waals surface area contributed by atoms with Crippen LogP contribution in [0.15, 0.2) is 48.5 Å². The van der Waals surface area contributed by atoms with Crippen molar-refractivity contribution in [2.24, 2.45) is 0 Å². The molecule has 0 spiro atoms. The van der Waals surface area contributed by atoms with Gasteiger partial charge in [0.1, 0.15) is 17.2 Å². The standard InChI is InChI=1S/C17H16O4/c1-12-3-4-13(5-10-17(18)19)11-16(12)21-15-8-6-14(20-2)7-9-15/h3-11H,1-2H3,(H,18,19)/b10-5+. The number of rotatable bonds is 5. The summed E-state index contributed by atoms with van der Waals surface area (Å²) >= 11 is 0. The minimum Gasteiger partial charge on any atom is -0.497 e. The molecule has 2 rings (SSSR count). The van der Waals surface area contributed by atoms with Crippen LogP contribution in [-0.4, -0.2) is 18.2 Å². The average Bonchev–Trinajstić information content (AvgIpc) is 2.48. The normalized spacial score (nSPS) is 10.6. The van der Waals surface area contributed by atoms with Crippen LogP contribution < -0.4 is 9.47 Å². The van der Waals surface area contributed by atoms with Crippen molar-refractivity contribution in [1.82, 2.24) is 0 Å². The van der Waals surface area contributed by atoms with Crippen molar-refractivity contribution in [3.05, 3.63) is 59.7 Å². The second-order valence-electron chi connectivity index (χ2n) is 4.47. The molecule has 0 aliphatic rings. The first-order valence-corrected chi connectivity index (χ1v) is 6.42. The summed E-state index contributed by atoms with van der Waals surface area (Å²) in [6.07, 6.45) is 2.63. The predicted molar refractivity (Wildman–Crippen MR) is 80.9 cm³/mol. The van der Waals surface area contributed by atoms with Crippen LogP contribution in [0.5, 0.6) is 17.2 Å². The SMILES string of the molecule is COc1ccc(Oc2cc(/C=C/C(=O)O)ccc2C)cc1. The summed E-state index contributed by atoms with van der Waals surface area (Å²) in [4.78, 5) is 10.5. The molecule has 4 nitrogen and oxygen atoms in total. The molecule has 4 heteroatoms. The molecule has 0 unspecified atom stereocenters. The van der Waals surface area contributed by atoms with E-state index >= 15 is 0 Å². The highest BCUT2D eigenvalue weighted by Crippen LogP contribution is 2.27. The monoisotopic (exact) mass is 284 g/mol. The molecule has 0 radical (unpaired) electrons. The van der Waals surface area contributed by atoms with Gasteiger partial charge >= 0.3 is 5.97 Å². The van der Waals surface area contributed by atoms with Crippen molar-refractivity contribution in [1.29, 1.82) is 0 Å². The van der Waals surface area contributed by atoms with Crippen molar-refractivity contribution < 1.29 is 19.4 Å². The van der Waals surface area contributed by atoms with Crippen molar-refractivity contribution in [3.8, 4) is 17.2 Å². The summed E-state index contributed by atoms with van der Waals surface area (Å²) in [6, 6.07) is 12.8. The fraction of sp³-hybridized carbons (Fsp3) is 0.118. The van der Waals surface area contributed by atoms with E-state index < -0.39 is 5.97 Å². The molecule has 0 aliphatic carbocycles. The van der Waals surface area contributed by atoms with Crippen molar-refractivity contribution in [2.75, 3.05) is 7.11 Å². The van der Waals surface area contributed by atoms with Gasteiger partial charge in [0.2, 0.25) is 0 Å². The van der Waals surface area contributed by atoms with E-state index in [4.69, 9.17) is 14.6 Å². The zero-order chi connectivity index (χ0) is 15.2. The van der Waals surface area contributed by atoms with Crippen LogP contribution >= 0.6 is 0 Å². The van der Waals surface area contributed by atoms with Gasteiger partial charge in [0.15, 0.2) is 0 Å². The van der Waals surface area contributed by atoms with Crippen LogP contribution in [0.2, 0.25) is 0 Å². The van der Waals surface area contributed by atoms with E-state index in [0.29, 0.717) is 11.5 Å². The van der Waals surface area contributed by atoms with Crippen LogP contribution in [0.1, 0.15) is 11.1 Å². The lowest BCUT2D eigenvalue weighted by atomic mass is 10.1. The third kappa shape index (κ3) is 4.11. The number of hydrogen-bond donors (Lipinski definition) is 1. The van der Waals surface area contributed by atoms with Gasteiger partial charge in [0.05, 0.1) is 7.11 Å². The molecule has 2 aromatic carbocycles. The highest BCUT2D eigenvalue weighted by atomic mass is 16.5. The van der Waals surface area contributed by atoms with E-state index in [1.807, 2.05) is 43.3 Å². The second-order valence-corrected chi connectivity index (χ2v) is 4.47. The van der Waals surface area contributed by atoms with E-state index in [1.54, 1.807) is 13.2 Å². The van der Waals surface area contributed by atoms with E-state index in [9.17, 15) is 4.79 Å². The fourth-order valence-electron chi connectivity index (χ4n) is 1.77. The molecule has 0 aromatic heterocycles. The largest absolute Gasteiger partial charge is 0.497 e. The number of methoxy groups -OCH3 is 1. The molecule has 108 valence electrons. The van der Waals surface area contributed by atoms with Gasteiger partial charge in [0, 0.05) is 6.08 Å². The van der Waals surface area contributed by atoms with Crippen LogP contribution in [0, 0.1) is 6.92 Å². The smallest absolute Gasteiger partial charge is 0.328 e. The Morgan fingerprint density at radius 2 is 1.76 bits per heavy atom. The zero-order valence-corrected chi connectivity index (χ0v) is 11.9. The number of carbonyl (C=O) groups is 1. The lowest BCUT2D eigenvalue weighted by Gasteiger charge is -2.10. The first-order chi connectivity index (χ1) is 10.1. The Balaban J connectivity index is 2.21. The molecule has 1 N–H and O–H groups in total. The van der Waals surface area contributed by atoms with Crippen molar-refractivity contribution in [3.63, 3.8) is 0 Å². The van der Waals surface area contributed by atoms with Crippen molar-refractivity contribution in [2.45, 2.75) is 6.92 Å². The Kier molecular flexibility index (Phi) is 4.61. The van der Waals surface area contributed by atoms with Gasteiger partial charge in [-0.3, -0.25) is 0 Å². The molecule has 0 saturated carbocycles. The van der Waals surface area contributed by atoms with E-state index in [-0.39, 0.29) is 0 Å². The number of aryl methyl sites for hydroxylation is 1. The van der Waals surface area contributed by atoms with Crippen molar-refractivity contribution >= 4 is 12.0 Å². The summed E-state index contributed by atoms with van der Waals surface area (Å²) < 4.78 is 10.9. The molecule has 0 bridgehead atoms. The fourth-order valence-corrected chi connectivity index (χ4v) is 1.77. The van der Waals surface area contributed by atoms with Crippen LogP contribution in [0.25, 0.3) is 6.08 Å². The summed E-state index contributed by atoms with van der Waals surface area (Å²) in [6.45, 7) is 1.93. The molecule has 0 atom stereocenters. The topological polar surface area (TPSA) is 55.8 Å². The van der Waals surface area contributed by atoms with Gasteiger partial charge in [-0.05, 0) is 54.5 Å². The van der Waals surface area contributed by atoms with Gasteiger partial charge in [-0.1, -0.05) is 12.1 Å². The highest BCUT2D eigenvalue weighted by molar-refractivity contribution is 5.85. The zero-order valence-electron chi connectivity index (χ0n) is 11.9. The molecular formula is C17H16O4. The number of aliphatic carboxylic acids is 1. The number of carboxylic acids is 1. The van der Waals surface area contributed by atoms with E-state index in [2.05, 4.69) is 0 Å². The molecule has 0 amide bonds. The molecule has 0 aliphatic heterocycles. The molecular weight excluding hydrogens is 268 g/mol. The lowest BCUT2D eigenvalue weighted by Crippen LogP contribution is -1.90. The second kappa shape index (κ2) is 6.61. The van der Waals surface area contributed by atoms with Gasteiger partial charge < -0.3 is 14.6 Å². The highest BCUT2D eigenvalue weighted by Gasteiger charge is 2.03. The first-order valence-electron chi connectivity index (χ1n) is 6.42. The molecule has 0 saturated heterocycles. The summed E-state index contributed by atoms with van der Waals surface area (Å²) in [5.41, 5.74) is 1.74. The van der Waals surface area contributed by atoms with E-state index in [0.717, 1.165) is 23.0 Å². The molecule has 0 fully saturated rings. The van der Waals surface area contributed by atoms with Gasteiger partial charge in [-0.15, -0.1) is 0 Å². The molecule has 2 aromatic rings. The summed E-state index contributed by atoms with van der Waals surface area (Å²) in [7, 11) is 1.61. The Morgan fingerprint density at radius 1 is 1.10 bits per heavy atom. The summed E-state index contributed by atoms with van der Waals surface area (Å²) in [5, 5.41) is 8.65. The first kappa shape index (κ1) is 14.7. The minimum absolute atomic E-state index is 0.688. The predicted octanol–water partition coefficient (Wildman–Crippen LogP) is 3.89. The maximum atomic E-state index is 10.5. The van der Waals surface area contributed by atoms with Gasteiger partial charge in [0.25, 0.3) is 0 Å². The maximum absolute atomic E-state index is 10.5. The van der Waals surface area contributed by atoms with Gasteiger partial charge in [-0.2, -0.15) is 0 Å². The lowest BCUT2D eigenvalue weighted by molar-refractivity contribution is -0.131. The Bertz CT molecular complexity index is 657. The number of benzene rings is 2. The quantitative estimate of drug-likeness (QED) is 0.846. The average molecular weight is 284 g/mol. The molecule has 21 heavy (non-hydrogen) atoms. The van der Waals surface area contributed by atoms with Crippen LogP contribution in [-0.2, 0) is 4.79 Å². The molecule has 0 heterocycles. The number of hydrogen-bond acceptors (Lipinski definition) is 3. The Morgan fingerprint density at radius 3 is 2.38 bits per heavy atom. The third-order valence-corrected chi connectivity index (χ3v) is 2.92. The maximum Gasteiger partial charge on any atom is 0.328 e.